The van der Waals surface area contributed by atoms with Crippen LogP contribution in [0.1, 0.15) is 42.5 Å². The van der Waals surface area contributed by atoms with E-state index in [-0.39, 0.29) is 17.7 Å². The number of piperidine rings is 2. The van der Waals surface area contributed by atoms with Crippen LogP contribution in [0.25, 0.3) is 0 Å². The molecule has 0 radical (unpaired) electrons. The third-order valence-corrected chi connectivity index (χ3v) is 4.98. The lowest BCUT2D eigenvalue weighted by Gasteiger charge is -2.35. The Kier molecular flexibility index (Phi) is 5.16. The summed E-state index contributed by atoms with van der Waals surface area (Å²) in [7, 11) is 0. The average Bonchev–Trinajstić information content (AvgIpc) is 2.61. The Labute approximate surface area is 141 Å². The first-order valence-electron chi connectivity index (χ1n) is 8.35. The third-order valence-electron chi connectivity index (χ3n) is 4.77. The average molecular weight is 336 g/mol. The zero-order chi connectivity index (χ0) is 16.2. The molecule has 2 aliphatic rings. The molecule has 0 spiro atoms. The molecule has 1 aromatic heterocycles. The standard InChI is InChI=1S/C17H22ClN3O2/c18-15-12-14(4-7-19-15)17(23)21-10-5-13(6-11-21)16(22)20-8-2-1-3-9-20/h4,7,12-13H,1-3,5-6,8-11H2. The number of rotatable bonds is 2. The number of likely N-dealkylation sites (tertiary alicyclic amines) is 2. The highest BCUT2D eigenvalue weighted by Gasteiger charge is 2.31. The molecule has 2 fully saturated rings. The van der Waals surface area contributed by atoms with Crippen molar-refractivity contribution in [3.8, 4) is 0 Å². The fourth-order valence-electron chi connectivity index (χ4n) is 3.42. The van der Waals surface area contributed by atoms with Gasteiger partial charge in [-0.2, -0.15) is 0 Å². The maximum atomic E-state index is 12.5. The Balaban J connectivity index is 1.55. The first-order chi connectivity index (χ1) is 11.1. The van der Waals surface area contributed by atoms with Gasteiger partial charge in [0.15, 0.2) is 0 Å². The molecular formula is C17H22ClN3O2. The minimum Gasteiger partial charge on any atom is -0.342 e. The topological polar surface area (TPSA) is 53.5 Å². The summed E-state index contributed by atoms with van der Waals surface area (Å²) in [6.07, 6.45) is 6.50. The van der Waals surface area contributed by atoms with Crippen LogP contribution < -0.4 is 0 Å². The van der Waals surface area contributed by atoms with Crippen LogP contribution >= 0.6 is 11.6 Å². The highest BCUT2D eigenvalue weighted by atomic mass is 35.5. The summed E-state index contributed by atoms with van der Waals surface area (Å²) < 4.78 is 0. The van der Waals surface area contributed by atoms with E-state index in [1.54, 1.807) is 18.3 Å². The zero-order valence-corrected chi connectivity index (χ0v) is 14.0. The van der Waals surface area contributed by atoms with Crippen LogP contribution in [0, 0.1) is 5.92 Å². The van der Waals surface area contributed by atoms with E-state index in [0.29, 0.717) is 23.8 Å². The van der Waals surface area contributed by atoms with E-state index in [4.69, 9.17) is 11.6 Å². The fourth-order valence-corrected chi connectivity index (χ4v) is 3.59. The van der Waals surface area contributed by atoms with Gasteiger partial charge in [0.2, 0.25) is 5.91 Å². The van der Waals surface area contributed by atoms with Crippen LogP contribution in [0.2, 0.25) is 5.15 Å². The van der Waals surface area contributed by atoms with Gasteiger partial charge in [0.25, 0.3) is 5.91 Å². The molecule has 2 aliphatic heterocycles. The van der Waals surface area contributed by atoms with Gasteiger partial charge < -0.3 is 9.80 Å². The van der Waals surface area contributed by atoms with Crippen LogP contribution in [0.4, 0.5) is 0 Å². The minimum atomic E-state index is -0.0295. The molecule has 0 N–H and O–H groups in total. The maximum Gasteiger partial charge on any atom is 0.254 e. The van der Waals surface area contributed by atoms with E-state index in [2.05, 4.69) is 4.98 Å². The first-order valence-corrected chi connectivity index (χ1v) is 8.72. The number of amides is 2. The van der Waals surface area contributed by atoms with Gasteiger partial charge in [0, 0.05) is 43.9 Å². The summed E-state index contributed by atoms with van der Waals surface area (Å²) in [5.74, 6) is 0.320. The van der Waals surface area contributed by atoms with Gasteiger partial charge in [-0.05, 0) is 44.2 Å². The van der Waals surface area contributed by atoms with Crippen molar-refractivity contribution < 1.29 is 9.59 Å². The Hall–Kier alpha value is -1.62. The number of hydrogen-bond donors (Lipinski definition) is 0. The number of halogens is 1. The van der Waals surface area contributed by atoms with Gasteiger partial charge in [-0.25, -0.2) is 4.98 Å². The van der Waals surface area contributed by atoms with Crippen molar-refractivity contribution >= 4 is 23.4 Å². The summed E-state index contributed by atoms with van der Waals surface area (Å²) in [6.45, 7) is 3.05. The molecule has 3 heterocycles. The third kappa shape index (κ3) is 3.83. The van der Waals surface area contributed by atoms with Crippen molar-refractivity contribution in [1.82, 2.24) is 14.8 Å². The Bertz CT molecular complexity index is 579. The van der Waals surface area contributed by atoms with E-state index < -0.39 is 0 Å². The lowest BCUT2D eigenvalue weighted by atomic mass is 9.94. The summed E-state index contributed by atoms with van der Waals surface area (Å²) in [5, 5.41) is 0.325. The molecule has 2 saturated heterocycles. The quantitative estimate of drug-likeness (QED) is 0.781. The van der Waals surface area contributed by atoms with E-state index >= 15 is 0 Å². The molecule has 0 unspecified atom stereocenters. The molecule has 5 nitrogen and oxygen atoms in total. The monoisotopic (exact) mass is 335 g/mol. The Morgan fingerprint density at radius 3 is 2.39 bits per heavy atom. The second-order valence-corrected chi connectivity index (χ2v) is 6.71. The molecule has 2 amide bonds. The summed E-state index contributed by atoms with van der Waals surface area (Å²) in [5.41, 5.74) is 0.561. The Morgan fingerprint density at radius 2 is 1.74 bits per heavy atom. The van der Waals surface area contributed by atoms with Crippen LogP contribution in [0.5, 0.6) is 0 Å². The molecule has 124 valence electrons. The summed E-state index contributed by atoms with van der Waals surface area (Å²) >= 11 is 5.85. The highest BCUT2D eigenvalue weighted by molar-refractivity contribution is 6.29. The molecule has 1 aromatic rings. The van der Waals surface area contributed by atoms with Gasteiger partial charge in [-0.3, -0.25) is 9.59 Å². The Morgan fingerprint density at radius 1 is 1.04 bits per heavy atom. The smallest absolute Gasteiger partial charge is 0.254 e. The van der Waals surface area contributed by atoms with Crippen molar-refractivity contribution in [3.63, 3.8) is 0 Å². The second kappa shape index (κ2) is 7.30. The van der Waals surface area contributed by atoms with Crippen LogP contribution in [0.15, 0.2) is 18.3 Å². The SMILES string of the molecule is O=C(c1ccnc(Cl)c1)N1CCC(C(=O)N2CCCCC2)CC1. The van der Waals surface area contributed by atoms with Crippen LogP contribution in [0.3, 0.4) is 0 Å². The van der Waals surface area contributed by atoms with Crippen LogP contribution in [-0.4, -0.2) is 52.8 Å². The molecular weight excluding hydrogens is 314 g/mol. The number of nitrogens with zero attached hydrogens (tertiary/aromatic N) is 3. The predicted molar refractivity (Wildman–Crippen MR) is 88.3 cm³/mol. The zero-order valence-electron chi connectivity index (χ0n) is 13.2. The number of carbonyl (C=O) groups excluding carboxylic acids is 2. The van der Waals surface area contributed by atoms with Gasteiger partial charge in [0.1, 0.15) is 5.15 Å². The van der Waals surface area contributed by atoms with Gasteiger partial charge in [-0.1, -0.05) is 11.6 Å². The molecule has 0 atom stereocenters. The molecule has 0 saturated carbocycles. The number of hydrogen-bond acceptors (Lipinski definition) is 3. The molecule has 6 heteroatoms. The summed E-state index contributed by atoms with van der Waals surface area (Å²) in [4.78, 5) is 32.7. The maximum absolute atomic E-state index is 12.5. The van der Waals surface area contributed by atoms with E-state index in [0.717, 1.165) is 38.8 Å². The summed E-state index contributed by atoms with van der Waals surface area (Å²) in [6, 6.07) is 3.27. The number of carbonyl (C=O) groups is 2. The molecule has 3 rings (SSSR count). The second-order valence-electron chi connectivity index (χ2n) is 6.32. The van der Waals surface area contributed by atoms with Gasteiger partial charge in [-0.15, -0.1) is 0 Å². The van der Waals surface area contributed by atoms with Crippen LogP contribution in [-0.2, 0) is 4.79 Å². The first kappa shape index (κ1) is 16.2. The van der Waals surface area contributed by atoms with Crippen molar-refractivity contribution in [1.29, 1.82) is 0 Å². The minimum absolute atomic E-state index is 0.0295. The predicted octanol–water partition coefficient (Wildman–Crippen LogP) is 2.60. The lowest BCUT2D eigenvalue weighted by Crippen LogP contribution is -2.45. The van der Waals surface area contributed by atoms with E-state index in [1.807, 2.05) is 9.80 Å². The molecule has 0 aliphatic carbocycles. The van der Waals surface area contributed by atoms with Gasteiger partial charge >= 0.3 is 0 Å². The van der Waals surface area contributed by atoms with Crippen molar-refractivity contribution in [3.05, 3.63) is 29.0 Å². The van der Waals surface area contributed by atoms with Gasteiger partial charge in [0.05, 0.1) is 0 Å². The largest absolute Gasteiger partial charge is 0.342 e. The molecule has 23 heavy (non-hydrogen) atoms. The van der Waals surface area contributed by atoms with Crippen molar-refractivity contribution in [2.75, 3.05) is 26.2 Å². The fraction of sp³-hybridized carbons (Fsp3) is 0.588. The van der Waals surface area contributed by atoms with Crippen molar-refractivity contribution in [2.45, 2.75) is 32.1 Å². The molecule has 0 aromatic carbocycles. The van der Waals surface area contributed by atoms with Crippen molar-refractivity contribution in [2.24, 2.45) is 5.92 Å². The lowest BCUT2D eigenvalue weighted by molar-refractivity contribution is -0.137. The number of pyridine rings is 1. The highest BCUT2D eigenvalue weighted by Crippen LogP contribution is 2.23. The molecule has 0 bridgehead atoms. The van der Waals surface area contributed by atoms with E-state index in [9.17, 15) is 9.59 Å². The number of aromatic nitrogens is 1. The van der Waals surface area contributed by atoms with E-state index in [1.165, 1.54) is 6.42 Å². The normalized spacial score (nSPS) is 19.7.